The van der Waals surface area contributed by atoms with Crippen LogP contribution in [0.2, 0.25) is 0 Å². The molecular weight excluding hydrogens is 281 g/mol. The molecule has 4 nitrogen and oxygen atoms in total. The third-order valence-corrected chi connectivity index (χ3v) is 3.83. The summed E-state index contributed by atoms with van der Waals surface area (Å²) in [6.45, 7) is 1.89. The number of aromatic nitrogens is 1. The summed E-state index contributed by atoms with van der Waals surface area (Å²) < 4.78 is 13.2. The lowest BCUT2D eigenvalue weighted by Crippen LogP contribution is -2.36. The highest BCUT2D eigenvalue weighted by Gasteiger charge is 2.25. The Morgan fingerprint density at radius 3 is 2.73 bits per heavy atom. The number of piperidine rings is 1. The minimum absolute atomic E-state index is 0.233. The molecule has 2 aromatic rings. The molecule has 0 atom stereocenters. The van der Waals surface area contributed by atoms with Crippen LogP contribution in [-0.2, 0) is 0 Å². The number of aromatic amines is 1. The van der Waals surface area contributed by atoms with Gasteiger partial charge in [-0.25, -0.2) is 9.37 Å². The summed E-state index contributed by atoms with van der Waals surface area (Å²) in [7, 11) is 0. The van der Waals surface area contributed by atoms with Gasteiger partial charge in [0.25, 0.3) is 11.7 Å². The molecule has 0 bridgehead atoms. The van der Waals surface area contributed by atoms with Crippen LogP contribution in [0.15, 0.2) is 42.6 Å². The number of halogens is 1. The molecule has 1 amide bonds. The fraction of sp³-hybridized carbons (Fsp3) is 0.294. The van der Waals surface area contributed by atoms with Crippen LogP contribution >= 0.6 is 0 Å². The smallest absolute Gasteiger partial charge is 0.287 e. The van der Waals surface area contributed by atoms with Crippen LogP contribution in [0.5, 0.6) is 0 Å². The second-order valence-corrected chi connectivity index (χ2v) is 5.44. The SMILES string of the molecule is O=C(Nc1cccc(F)c1)c1ccc[nH+]c1N1CCCCC1. The standard InChI is InChI=1S/C17H18FN3O/c18-13-6-4-7-14(12-13)20-17(22)15-8-5-9-19-16(15)21-10-2-1-3-11-21/h4-9,12H,1-3,10-11H2,(H,20,22)/p+1. The van der Waals surface area contributed by atoms with E-state index in [-0.39, 0.29) is 11.7 Å². The third-order valence-electron chi connectivity index (χ3n) is 3.83. The fourth-order valence-corrected chi connectivity index (χ4v) is 2.76. The van der Waals surface area contributed by atoms with E-state index in [2.05, 4.69) is 15.2 Å². The molecular formula is C17H19FN3O+. The number of nitrogens with zero attached hydrogens (tertiary/aromatic N) is 1. The highest BCUT2D eigenvalue weighted by atomic mass is 19.1. The van der Waals surface area contributed by atoms with Gasteiger partial charge in [-0.2, -0.15) is 0 Å². The zero-order valence-electron chi connectivity index (χ0n) is 12.3. The topological polar surface area (TPSA) is 46.5 Å². The number of carbonyl (C=O) groups is 1. The van der Waals surface area contributed by atoms with Crippen LogP contribution in [0.4, 0.5) is 15.9 Å². The second kappa shape index (κ2) is 6.56. The Balaban J connectivity index is 1.83. The number of rotatable bonds is 3. The first-order valence-electron chi connectivity index (χ1n) is 7.56. The molecule has 0 radical (unpaired) electrons. The predicted molar refractivity (Wildman–Crippen MR) is 83.4 cm³/mol. The first kappa shape index (κ1) is 14.5. The number of carbonyl (C=O) groups excluding carboxylic acids is 1. The zero-order chi connectivity index (χ0) is 15.4. The van der Waals surface area contributed by atoms with Crippen molar-refractivity contribution < 1.29 is 14.2 Å². The van der Waals surface area contributed by atoms with Crippen molar-refractivity contribution in [1.29, 1.82) is 0 Å². The highest BCUT2D eigenvalue weighted by Crippen LogP contribution is 2.20. The van der Waals surface area contributed by atoms with Gasteiger partial charge in [-0.15, -0.1) is 0 Å². The van der Waals surface area contributed by atoms with Gasteiger partial charge in [-0.1, -0.05) is 6.07 Å². The molecule has 1 aliphatic heterocycles. The van der Waals surface area contributed by atoms with Crippen molar-refractivity contribution in [3.8, 4) is 0 Å². The van der Waals surface area contributed by atoms with Gasteiger partial charge in [0.1, 0.15) is 11.4 Å². The van der Waals surface area contributed by atoms with Crippen LogP contribution < -0.4 is 15.2 Å². The summed E-state index contributed by atoms with van der Waals surface area (Å²) in [6, 6.07) is 9.50. The van der Waals surface area contributed by atoms with Crippen LogP contribution in [0, 0.1) is 5.82 Å². The number of anilines is 2. The summed E-state index contributed by atoms with van der Waals surface area (Å²) in [5.74, 6) is 0.229. The quantitative estimate of drug-likeness (QED) is 0.947. The summed E-state index contributed by atoms with van der Waals surface area (Å²) in [5, 5.41) is 2.75. The Kier molecular flexibility index (Phi) is 4.32. The van der Waals surface area contributed by atoms with E-state index < -0.39 is 0 Å². The van der Waals surface area contributed by atoms with E-state index >= 15 is 0 Å². The van der Waals surface area contributed by atoms with E-state index in [0.29, 0.717) is 11.3 Å². The van der Waals surface area contributed by atoms with Gasteiger partial charge >= 0.3 is 0 Å². The molecule has 0 aliphatic carbocycles. The lowest BCUT2D eigenvalue weighted by molar-refractivity contribution is -0.364. The van der Waals surface area contributed by atoms with Gasteiger partial charge in [0, 0.05) is 5.69 Å². The van der Waals surface area contributed by atoms with Gasteiger partial charge < -0.3 is 5.32 Å². The van der Waals surface area contributed by atoms with E-state index in [1.807, 2.05) is 6.20 Å². The third kappa shape index (κ3) is 3.24. The van der Waals surface area contributed by atoms with Crippen molar-refractivity contribution in [2.75, 3.05) is 23.3 Å². The lowest BCUT2D eigenvalue weighted by Gasteiger charge is -2.22. The first-order valence-corrected chi connectivity index (χ1v) is 7.56. The summed E-state index contributed by atoms with van der Waals surface area (Å²) in [6.07, 6.45) is 5.32. The monoisotopic (exact) mass is 300 g/mol. The Hall–Kier alpha value is -2.43. The minimum atomic E-state index is -0.367. The van der Waals surface area contributed by atoms with Crippen molar-refractivity contribution in [3.05, 3.63) is 54.0 Å². The van der Waals surface area contributed by atoms with Crippen LogP contribution in [-0.4, -0.2) is 19.0 Å². The Morgan fingerprint density at radius 2 is 1.95 bits per heavy atom. The molecule has 5 heteroatoms. The Morgan fingerprint density at radius 1 is 1.14 bits per heavy atom. The van der Waals surface area contributed by atoms with Crippen molar-refractivity contribution >= 4 is 17.4 Å². The number of hydrogen-bond donors (Lipinski definition) is 1. The molecule has 1 aliphatic rings. The number of pyridine rings is 1. The van der Waals surface area contributed by atoms with E-state index in [1.54, 1.807) is 24.3 Å². The first-order chi connectivity index (χ1) is 10.7. The normalized spacial score (nSPS) is 14.7. The highest BCUT2D eigenvalue weighted by molar-refractivity contribution is 6.07. The maximum atomic E-state index is 13.2. The molecule has 2 heterocycles. The van der Waals surface area contributed by atoms with Gasteiger partial charge in [0.05, 0.1) is 19.3 Å². The molecule has 0 saturated carbocycles. The number of nitrogens with one attached hydrogen (secondary N) is 2. The Labute approximate surface area is 129 Å². The summed E-state index contributed by atoms with van der Waals surface area (Å²) in [5.41, 5.74) is 1.03. The van der Waals surface area contributed by atoms with Crippen molar-refractivity contribution in [2.45, 2.75) is 19.3 Å². The molecule has 1 aromatic carbocycles. The van der Waals surface area contributed by atoms with Crippen LogP contribution in [0.25, 0.3) is 0 Å². The fourth-order valence-electron chi connectivity index (χ4n) is 2.76. The average Bonchev–Trinajstić information content (AvgIpc) is 2.56. The molecule has 1 saturated heterocycles. The minimum Gasteiger partial charge on any atom is -0.322 e. The molecule has 0 unspecified atom stereocenters. The zero-order valence-corrected chi connectivity index (χ0v) is 12.3. The van der Waals surface area contributed by atoms with Gasteiger partial charge in [0.2, 0.25) is 0 Å². The van der Waals surface area contributed by atoms with Crippen molar-refractivity contribution in [1.82, 2.24) is 0 Å². The molecule has 0 spiro atoms. The number of amides is 1. The van der Waals surface area contributed by atoms with E-state index in [9.17, 15) is 9.18 Å². The molecule has 3 rings (SSSR count). The number of H-pyrrole nitrogens is 1. The van der Waals surface area contributed by atoms with Gasteiger partial charge in [-0.05, 0) is 49.6 Å². The largest absolute Gasteiger partial charge is 0.322 e. The average molecular weight is 300 g/mol. The van der Waals surface area contributed by atoms with Gasteiger partial charge in [-0.3, -0.25) is 9.69 Å². The molecule has 2 N–H and O–H groups in total. The van der Waals surface area contributed by atoms with Crippen LogP contribution in [0.1, 0.15) is 29.6 Å². The molecule has 22 heavy (non-hydrogen) atoms. The number of benzene rings is 1. The van der Waals surface area contributed by atoms with E-state index in [4.69, 9.17) is 0 Å². The van der Waals surface area contributed by atoms with Gasteiger partial charge in [0.15, 0.2) is 0 Å². The molecule has 1 fully saturated rings. The maximum absolute atomic E-state index is 13.2. The van der Waals surface area contributed by atoms with Crippen LogP contribution in [0.3, 0.4) is 0 Å². The molecule has 1 aromatic heterocycles. The Bertz CT molecular complexity index is 668. The summed E-state index contributed by atoms with van der Waals surface area (Å²) >= 11 is 0. The van der Waals surface area contributed by atoms with Crippen molar-refractivity contribution in [2.24, 2.45) is 0 Å². The van der Waals surface area contributed by atoms with E-state index in [0.717, 1.165) is 31.7 Å². The lowest BCUT2D eigenvalue weighted by atomic mass is 10.1. The van der Waals surface area contributed by atoms with Crippen molar-refractivity contribution in [3.63, 3.8) is 0 Å². The predicted octanol–water partition coefficient (Wildman–Crippen LogP) is 2.88. The summed E-state index contributed by atoms with van der Waals surface area (Å²) in [4.78, 5) is 17.9. The second-order valence-electron chi connectivity index (χ2n) is 5.44. The maximum Gasteiger partial charge on any atom is 0.287 e. The van der Waals surface area contributed by atoms with E-state index in [1.165, 1.54) is 18.6 Å². The number of hydrogen-bond acceptors (Lipinski definition) is 2. The molecule has 114 valence electrons.